The summed E-state index contributed by atoms with van der Waals surface area (Å²) in [5, 5.41) is 0. The lowest BCUT2D eigenvalue weighted by Crippen LogP contribution is -2.51. The first-order chi connectivity index (χ1) is 29.9. The lowest BCUT2D eigenvalue weighted by Gasteiger charge is -2.58. The number of quaternary nitrogens is 1. The van der Waals surface area contributed by atoms with Crippen molar-refractivity contribution in [3.05, 3.63) is 11.6 Å². The van der Waals surface area contributed by atoms with Crippen LogP contribution < -0.4 is 4.89 Å². The van der Waals surface area contributed by atoms with Gasteiger partial charge in [-0.05, 0) is 97.7 Å². The molecule has 11 heteroatoms. The van der Waals surface area contributed by atoms with Gasteiger partial charge >= 0.3 is 12.1 Å². The first-order valence-corrected chi connectivity index (χ1v) is 27.5. The highest BCUT2D eigenvalue weighted by Gasteiger charge is 2.59. The van der Waals surface area contributed by atoms with Crippen molar-refractivity contribution in [3.63, 3.8) is 0 Å². The zero-order valence-corrected chi connectivity index (χ0v) is 42.7. The normalized spacial score (nSPS) is 28.9. The number of phosphoric ester groups is 1. The van der Waals surface area contributed by atoms with Crippen LogP contribution in [0.2, 0.25) is 0 Å². The number of ether oxygens (including phenoxy) is 3. The number of phosphoric acid groups is 1. The zero-order chi connectivity index (χ0) is 46.1. The zero-order valence-electron chi connectivity index (χ0n) is 41.8. The molecule has 4 aliphatic rings. The summed E-state index contributed by atoms with van der Waals surface area (Å²) in [7, 11) is 1.09. The number of allylic oxidation sites excluding steroid dienone is 1. The van der Waals surface area contributed by atoms with Gasteiger partial charge in [0.25, 0.3) is 7.82 Å². The summed E-state index contributed by atoms with van der Waals surface area (Å²) in [6.45, 7) is 14.1. The fourth-order valence-corrected chi connectivity index (χ4v) is 13.1. The fraction of sp³-hybridized carbons (Fsp3) is 0.923. The molecule has 63 heavy (non-hydrogen) atoms. The summed E-state index contributed by atoms with van der Waals surface area (Å²) in [5.74, 6) is 4.13. The number of unbranched alkanes of at least 4 members (excludes halogenated alkanes) is 12. The molecule has 0 spiro atoms. The number of hydrogen-bond acceptors (Lipinski definition) is 9. The van der Waals surface area contributed by atoms with Crippen LogP contribution in [0.25, 0.3) is 0 Å². The van der Waals surface area contributed by atoms with E-state index < -0.39 is 32.7 Å². The number of likely N-dealkylation sites (N-methyl/N-ethyl adjacent to an activating group) is 1. The van der Waals surface area contributed by atoms with Crippen molar-refractivity contribution in [2.45, 2.75) is 214 Å². The van der Waals surface area contributed by atoms with E-state index in [0.29, 0.717) is 41.1 Å². The van der Waals surface area contributed by atoms with Gasteiger partial charge in [-0.2, -0.15) is 0 Å². The maximum Gasteiger partial charge on any atom is 0.509 e. The van der Waals surface area contributed by atoms with Crippen LogP contribution in [0.1, 0.15) is 202 Å². The predicted octanol–water partition coefficient (Wildman–Crippen LogP) is 13.2. The third-order valence-electron chi connectivity index (χ3n) is 16.1. The Balaban J connectivity index is 1.25. The molecule has 0 amide bonds. The van der Waals surface area contributed by atoms with Crippen LogP contribution in [-0.4, -0.2) is 76.3 Å². The number of carbonyl (C=O) groups excluding carboxylic acids is 2. The van der Waals surface area contributed by atoms with Gasteiger partial charge in [-0.3, -0.25) is 9.36 Å². The molecule has 4 aliphatic carbocycles. The first kappa shape index (κ1) is 54.2. The van der Waals surface area contributed by atoms with Gasteiger partial charge in [-0.25, -0.2) is 4.79 Å². The van der Waals surface area contributed by atoms with Gasteiger partial charge in [0.05, 0.1) is 27.7 Å². The van der Waals surface area contributed by atoms with E-state index >= 15 is 0 Å². The molecule has 1 unspecified atom stereocenters. The summed E-state index contributed by atoms with van der Waals surface area (Å²) in [6, 6.07) is 0. The van der Waals surface area contributed by atoms with Crippen molar-refractivity contribution >= 4 is 19.9 Å². The fourth-order valence-electron chi connectivity index (χ4n) is 12.4. The van der Waals surface area contributed by atoms with Gasteiger partial charge in [-0.15, -0.1) is 0 Å². The van der Waals surface area contributed by atoms with Crippen LogP contribution in [0.3, 0.4) is 0 Å². The molecule has 10 atom stereocenters. The molecule has 0 aromatic carbocycles. The molecule has 3 saturated carbocycles. The van der Waals surface area contributed by atoms with Gasteiger partial charge < -0.3 is 32.6 Å². The molecular weight excluding hydrogens is 814 g/mol. The number of esters is 1. The number of carbonyl (C=O) groups is 2. The third kappa shape index (κ3) is 17.6. The highest BCUT2D eigenvalue weighted by atomic mass is 31.2. The summed E-state index contributed by atoms with van der Waals surface area (Å²) in [6.07, 6.45) is 28.9. The second-order valence-corrected chi connectivity index (χ2v) is 23.9. The van der Waals surface area contributed by atoms with Crippen molar-refractivity contribution in [3.8, 4) is 0 Å². The van der Waals surface area contributed by atoms with E-state index in [1.54, 1.807) is 0 Å². The molecule has 0 saturated heterocycles. The standard InChI is InChI=1S/C52H94NO9P/c1-10-11-12-13-14-15-16-17-18-19-20-21-22-26-49(54)58-38-44(39-60-63(56,57)59-36-35-53(7,8)9)62-50(55)61-43-31-33-51(5)42(37-43)27-28-45-47-30-29-46(41(4)25-23-24-40(2)3)52(47,6)34-32-48(45)51/h27,40-41,43-48H,10-26,28-39H2,1-9H3/t41-,43+,44-,45+,46-,47+,48+,51+,52-/m1/s1. The van der Waals surface area contributed by atoms with Gasteiger partial charge in [0.2, 0.25) is 0 Å². The smallest absolute Gasteiger partial charge is 0.509 e. The van der Waals surface area contributed by atoms with Crippen LogP contribution in [-0.2, 0) is 32.6 Å². The monoisotopic (exact) mass is 908 g/mol. The maximum atomic E-state index is 13.4. The van der Waals surface area contributed by atoms with Crippen molar-refractivity contribution in [1.29, 1.82) is 0 Å². The van der Waals surface area contributed by atoms with E-state index in [-0.39, 0.29) is 31.2 Å². The average molecular weight is 908 g/mol. The predicted molar refractivity (Wildman–Crippen MR) is 252 cm³/mol. The van der Waals surface area contributed by atoms with Crippen LogP contribution >= 0.6 is 7.82 Å². The van der Waals surface area contributed by atoms with Gasteiger partial charge in [0, 0.05) is 12.8 Å². The lowest BCUT2D eigenvalue weighted by molar-refractivity contribution is -0.870. The van der Waals surface area contributed by atoms with E-state index in [4.69, 9.17) is 23.3 Å². The molecule has 0 aromatic heterocycles. The molecule has 0 aliphatic heterocycles. The van der Waals surface area contributed by atoms with E-state index in [2.05, 4.69) is 47.6 Å². The molecule has 0 bridgehead atoms. The molecule has 0 radical (unpaired) electrons. The Morgan fingerprint density at radius 2 is 1.46 bits per heavy atom. The largest absolute Gasteiger partial charge is 0.756 e. The Morgan fingerprint density at radius 3 is 2.10 bits per heavy atom. The van der Waals surface area contributed by atoms with E-state index in [1.807, 2.05) is 21.1 Å². The molecule has 366 valence electrons. The molecule has 4 rings (SSSR count). The highest BCUT2D eigenvalue weighted by molar-refractivity contribution is 7.45. The van der Waals surface area contributed by atoms with Gasteiger partial charge in [0.1, 0.15) is 25.9 Å². The minimum Gasteiger partial charge on any atom is -0.756 e. The number of rotatable bonds is 30. The molecular formula is C52H94NO9P. The number of nitrogens with zero attached hydrogens (tertiary/aromatic N) is 1. The molecule has 0 aromatic rings. The second kappa shape index (κ2) is 26.2. The van der Waals surface area contributed by atoms with E-state index in [1.165, 1.54) is 115 Å². The third-order valence-corrected chi connectivity index (χ3v) is 17.1. The average Bonchev–Trinajstić information content (AvgIpc) is 3.57. The minimum atomic E-state index is -4.71. The molecule has 3 fully saturated rings. The van der Waals surface area contributed by atoms with Gasteiger partial charge in [-0.1, -0.05) is 150 Å². The molecule has 0 N–H and O–H groups in total. The highest BCUT2D eigenvalue weighted by Crippen LogP contribution is 2.67. The summed E-state index contributed by atoms with van der Waals surface area (Å²) in [5.41, 5.74) is 1.95. The molecule has 0 heterocycles. The van der Waals surface area contributed by atoms with E-state index in [0.717, 1.165) is 55.8 Å². The van der Waals surface area contributed by atoms with Crippen molar-refractivity contribution < 1.29 is 46.8 Å². The summed E-state index contributed by atoms with van der Waals surface area (Å²) >= 11 is 0. The lowest BCUT2D eigenvalue weighted by atomic mass is 9.47. The SMILES string of the molecule is CCCCCCCCCCCCCCCC(=O)OC[C@H](COP(=O)([O-])OCC[N+](C)(C)C)OC(=O)O[C@H]1CC[C@@]2(C)C(=CC[C@H]3[C@@H]4CC[C@H]([C@H](C)CCCC(C)C)[C@@]4(C)CC[C@@H]32)C1. The Morgan fingerprint density at radius 1 is 0.810 bits per heavy atom. The van der Waals surface area contributed by atoms with Gasteiger partial charge in [0.15, 0.2) is 6.10 Å². The van der Waals surface area contributed by atoms with Crippen molar-refractivity contribution in [2.24, 2.45) is 46.3 Å². The van der Waals surface area contributed by atoms with Crippen LogP contribution in [0.15, 0.2) is 11.6 Å². The minimum absolute atomic E-state index is 0.0533. The topological polar surface area (TPSA) is 120 Å². The Kier molecular flexibility index (Phi) is 22.5. The first-order valence-electron chi connectivity index (χ1n) is 26.0. The number of fused-ring (bicyclic) bond motifs is 5. The van der Waals surface area contributed by atoms with Crippen LogP contribution in [0, 0.1) is 46.3 Å². The van der Waals surface area contributed by atoms with Crippen molar-refractivity contribution in [2.75, 3.05) is 47.5 Å². The summed E-state index contributed by atoms with van der Waals surface area (Å²) in [4.78, 5) is 38.8. The Hall–Kier alpha value is -1.45. The van der Waals surface area contributed by atoms with E-state index in [9.17, 15) is 19.0 Å². The molecule has 10 nitrogen and oxygen atoms in total. The Bertz CT molecular complexity index is 1450. The Labute approximate surface area is 385 Å². The van der Waals surface area contributed by atoms with Crippen LogP contribution in [0.5, 0.6) is 0 Å². The van der Waals surface area contributed by atoms with Crippen molar-refractivity contribution in [1.82, 2.24) is 0 Å². The summed E-state index contributed by atoms with van der Waals surface area (Å²) < 4.78 is 40.5. The quantitative estimate of drug-likeness (QED) is 0.0228. The number of hydrogen-bond donors (Lipinski definition) is 0. The maximum absolute atomic E-state index is 13.4. The second-order valence-electron chi connectivity index (χ2n) is 22.5. The van der Waals surface area contributed by atoms with Crippen LogP contribution in [0.4, 0.5) is 4.79 Å².